The molecule has 3 rings (SSSR count). The molecule has 0 bridgehead atoms. The lowest BCUT2D eigenvalue weighted by molar-refractivity contribution is -0.134. The van der Waals surface area contributed by atoms with Gasteiger partial charge in [-0.2, -0.15) is 0 Å². The van der Waals surface area contributed by atoms with E-state index < -0.39 is 0 Å². The van der Waals surface area contributed by atoms with E-state index in [1.54, 1.807) is 0 Å². The Labute approximate surface area is 147 Å². The van der Waals surface area contributed by atoms with Crippen LogP contribution in [0.3, 0.4) is 0 Å². The van der Waals surface area contributed by atoms with Crippen molar-refractivity contribution in [2.45, 2.75) is 39.3 Å². The third-order valence-corrected chi connectivity index (χ3v) is 4.72. The van der Waals surface area contributed by atoms with Gasteiger partial charge in [-0.25, -0.2) is 0 Å². The predicted octanol–water partition coefficient (Wildman–Crippen LogP) is 2.78. The van der Waals surface area contributed by atoms with Crippen molar-refractivity contribution in [1.29, 1.82) is 0 Å². The van der Waals surface area contributed by atoms with Gasteiger partial charge in [-0.15, -0.1) is 0 Å². The van der Waals surface area contributed by atoms with Gasteiger partial charge in [0.1, 0.15) is 0 Å². The Morgan fingerprint density at radius 3 is 2.76 bits per heavy atom. The molecule has 1 aromatic carbocycles. The van der Waals surface area contributed by atoms with E-state index in [0.29, 0.717) is 12.2 Å². The topological polar surface area (TPSA) is 71.2 Å². The number of carbonyl (C=O) groups excluding carboxylic acids is 1. The molecule has 0 unspecified atom stereocenters. The van der Waals surface area contributed by atoms with Gasteiger partial charge >= 0.3 is 0 Å². The van der Waals surface area contributed by atoms with E-state index in [0.717, 1.165) is 29.7 Å². The molecule has 0 aliphatic carbocycles. The van der Waals surface area contributed by atoms with Crippen molar-refractivity contribution in [3.8, 4) is 0 Å². The first-order chi connectivity index (χ1) is 12.1. The lowest BCUT2D eigenvalue weighted by Gasteiger charge is -2.31. The van der Waals surface area contributed by atoms with E-state index in [2.05, 4.69) is 10.3 Å². The van der Waals surface area contributed by atoms with Crippen molar-refractivity contribution >= 4 is 5.91 Å². The fraction of sp³-hybridized carbons (Fsp3) is 0.400. The van der Waals surface area contributed by atoms with Gasteiger partial charge in [-0.3, -0.25) is 9.59 Å². The summed E-state index contributed by atoms with van der Waals surface area (Å²) in [6.07, 6.45) is 1.42. The van der Waals surface area contributed by atoms with Gasteiger partial charge in [0.15, 0.2) is 0 Å². The first-order valence-corrected chi connectivity index (χ1v) is 8.70. The molecule has 2 aromatic rings. The smallest absolute Gasteiger partial charge is 0.253 e. The summed E-state index contributed by atoms with van der Waals surface area (Å²) in [5.74, 6) is -0.297. The van der Waals surface area contributed by atoms with Crippen LogP contribution in [0.5, 0.6) is 0 Å². The van der Waals surface area contributed by atoms with Crippen molar-refractivity contribution in [1.82, 2.24) is 10.3 Å². The van der Waals surface area contributed by atoms with Crippen LogP contribution >= 0.6 is 0 Å². The molecule has 1 aliphatic heterocycles. The molecule has 0 spiro atoms. The third kappa shape index (κ3) is 3.99. The summed E-state index contributed by atoms with van der Waals surface area (Å²) < 4.78 is 5.88. The number of pyridine rings is 1. The van der Waals surface area contributed by atoms with Gasteiger partial charge in [-0.1, -0.05) is 30.3 Å². The summed E-state index contributed by atoms with van der Waals surface area (Å²) in [5.41, 5.74) is 3.19. The highest BCUT2D eigenvalue weighted by Gasteiger charge is 2.32. The number of aryl methyl sites for hydroxylation is 2. The molecule has 5 nitrogen and oxygen atoms in total. The average molecular weight is 340 g/mol. The quantitative estimate of drug-likeness (QED) is 0.899. The van der Waals surface area contributed by atoms with Gasteiger partial charge < -0.3 is 15.0 Å². The van der Waals surface area contributed by atoms with Crippen LogP contribution in [0.2, 0.25) is 0 Å². The first-order valence-electron chi connectivity index (χ1n) is 8.70. The van der Waals surface area contributed by atoms with Crippen LogP contribution in [0.25, 0.3) is 0 Å². The second-order valence-electron chi connectivity index (χ2n) is 6.61. The van der Waals surface area contributed by atoms with Crippen LogP contribution in [0.4, 0.5) is 0 Å². The summed E-state index contributed by atoms with van der Waals surface area (Å²) in [6.45, 7) is 4.64. The summed E-state index contributed by atoms with van der Waals surface area (Å²) in [6, 6.07) is 11.8. The average Bonchev–Trinajstić information content (AvgIpc) is 2.61. The van der Waals surface area contributed by atoms with Gasteiger partial charge in [0.25, 0.3) is 5.56 Å². The summed E-state index contributed by atoms with van der Waals surface area (Å²) in [7, 11) is 0. The van der Waals surface area contributed by atoms with Crippen molar-refractivity contribution < 1.29 is 9.53 Å². The Morgan fingerprint density at radius 2 is 2.04 bits per heavy atom. The van der Waals surface area contributed by atoms with Gasteiger partial charge in [0, 0.05) is 24.4 Å². The maximum absolute atomic E-state index is 12.7. The van der Waals surface area contributed by atoms with Crippen molar-refractivity contribution in [3.63, 3.8) is 0 Å². The number of H-pyrrole nitrogens is 1. The molecule has 1 aromatic heterocycles. The van der Waals surface area contributed by atoms with Gasteiger partial charge in [0.05, 0.1) is 12.0 Å². The number of ether oxygens (including phenoxy) is 1. The van der Waals surface area contributed by atoms with E-state index in [9.17, 15) is 9.59 Å². The highest BCUT2D eigenvalue weighted by molar-refractivity contribution is 5.79. The molecule has 25 heavy (non-hydrogen) atoms. The van der Waals surface area contributed by atoms with Crippen LogP contribution in [-0.4, -0.2) is 17.5 Å². The number of hydrogen-bond acceptors (Lipinski definition) is 3. The molecule has 0 saturated carbocycles. The SMILES string of the molecule is Cc1cc(C)c(CNC(=O)[C@@H]2CCCO[C@@H]2c2ccccc2)c(=O)[nH]1. The fourth-order valence-corrected chi connectivity index (χ4v) is 3.43. The highest BCUT2D eigenvalue weighted by atomic mass is 16.5. The minimum atomic E-state index is -0.235. The second kappa shape index (κ2) is 7.66. The summed E-state index contributed by atoms with van der Waals surface area (Å²) >= 11 is 0. The molecular weight excluding hydrogens is 316 g/mol. The molecule has 132 valence electrons. The maximum atomic E-state index is 12.7. The highest BCUT2D eigenvalue weighted by Crippen LogP contribution is 2.33. The Morgan fingerprint density at radius 1 is 1.28 bits per heavy atom. The molecule has 2 atom stereocenters. The van der Waals surface area contributed by atoms with E-state index in [1.165, 1.54) is 0 Å². The Bertz CT molecular complexity index is 798. The molecule has 0 radical (unpaired) electrons. The lowest BCUT2D eigenvalue weighted by atomic mass is 9.88. The predicted molar refractivity (Wildman–Crippen MR) is 96.2 cm³/mol. The molecule has 1 amide bonds. The number of hydrogen-bond donors (Lipinski definition) is 2. The number of benzene rings is 1. The maximum Gasteiger partial charge on any atom is 0.253 e. The lowest BCUT2D eigenvalue weighted by Crippen LogP contribution is -2.38. The number of nitrogens with one attached hydrogen (secondary N) is 2. The first kappa shape index (κ1) is 17.4. The number of aromatic nitrogens is 1. The molecule has 1 saturated heterocycles. The number of carbonyl (C=O) groups is 1. The zero-order valence-electron chi connectivity index (χ0n) is 14.7. The van der Waals surface area contributed by atoms with E-state index in [-0.39, 0.29) is 30.0 Å². The Balaban J connectivity index is 1.72. The van der Waals surface area contributed by atoms with E-state index >= 15 is 0 Å². The van der Waals surface area contributed by atoms with E-state index in [4.69, 9.17) is 4.74 Å². The Hall–Kier alpha value is -2.40. The minimum Gasteiger partial charge on any atom is -0.373 e. The fourth-order valence-electron chi connectivity index (χ4n) is 3.43. The molecular formula is C20H24N2O3. The summed E-state index contributed by atoms with van der Waals surface area (Å²) in [4.78, 5) is 27.6. The van der Waals surface area contributed by atoms with Crippen LogP contribution in [-0.2, 0) is 16.1 Å². The van der Waals surface area contributed by atoms with Crippen LogP contribution < -0.4 is 10.9 Å². The van der Waals surface area contributed by atoms with Crippen molar-refractivity contribution in [2.24, 2.45) is 5.92 Å². The number of aromatic amines is 1. The normalized spacial score (nSPS) is 20.2. The Kier molecular flexibility index (Phi) is 5.34. The molecule has 1 fully saturated rings. The van der Waals surface area contributed by atoms with Crippen LogP contribution in [0.1, 0.15) is 41.3 Å². The molecule has 2 heterocycles. The van der Waals surface area contributed by atoms with Crippen LogP contribution in [0.15, 0.2) is 41.2 Å². The zero-order valence-corrected chi connectivity index (χ0v) is 14.7. The van der Waals surface area contributed by atoms with Gasteiger partial charge in [-0.05, 0) is 43.9 Å². The monoisotopic (exact) mass is 340 g/mol. The third-order valence-electron chi connectivity index (χ3n) is 4.72. The second-order valence-corrected chi connectivity index (χ2v) is 6.61. The van der Waals surface area contributed by atoms with Gasteiger partial charge in [0.2, 0.25) is 5.91 Å². The number of rotatable bonds is 4. The molecule has 2 N–H and O–H groups in total. The zero-order chi connectivity index (χ0) is 17.8. The minimum absolute atomic E-state index is 0.0621. The standard InChI is InChI=1S/C20H24N2O3/c1-13-11-14(2)22-20(24)17(13)12-21-19(23)16-9-6-10-25-18(16)15-7-4-3-5-8-15/h3-5,7-8,11,16,18H,6,9-10,12H2,1-2H3,(H,21,23)(H,22,24)/t16-,18-/m1/s1. The van der Waals surface area contributed by atoms with Crippen molar-refractivity contribution in [2.75, 3.05) is 6.61 Å². The van der Waals surface area contributed by atoms with Crippen LogP contribution in [0, 0.1) is 19.8 Å². The van der Waals surface area contributed by atoms with E-state index in [1.807, 2.05) is 50.2 Å². The largest absolute Gasteiger partial charge is 0.373 e. The number of amides is 1. The summed E-state index contributed by atoms with van der Waals surface area (Å²) in [5, 5.41) is 2.93. The molecule has 1 aliphatic rings. The van der Waals surface area contributed by atoms with Crippen molar-refractivity contribution in [3.05, 3.63) is 69.1 Å². The molecule has 5 heteroatoms.